The van der Waals surface area contributed by atoms with E-state index < -0.39 is 16.4 Å². The maximum absolute atomic E-state index is 14.7. The van der Waals surface area contributed by atoms with Crippen LogP contribution in [0.5, 0.6) is 0 Å². The lowest BCUT2D eigenvalue weighted by Gasteiger charge is -2.72. The van der Waals surface area contributed by atoms with Crippen LogP contribution in [-0.4, -0.2) is 78.9 Å². The summed E-state index contributed by atoms with van der Waals surface area (Å²) in [4.78, 5) is 74.6. The zero-order valence-corrected chi connectivity index (χ0v) is 40.1. The number of morpholine rings is 1. The fourth-order valence-electron chi connectivity index (χ4n) is 15.4. The predicted octanol–water partition coefficient (Wildman–Crippen LogP) is 8.87. The van der Waals surface area contributed by atoms with Gasteiger partial charge < -0.3 is 24.4 Å². The molecule has 1 aromatic rings. The maximum Gasteiger partial charge on any atom is 0.310 e. The number of Topliss-reactive ketones (excluding diaryl/α,β-unsaturated/α-hetero) is 2. The molecule has 8 rings (SSSR count). The van der Waals surface area contributed by atoms with E-state index >= 15 is 0 Å². The van der Waals surface area contributed by atoms with E-state index in [1.54, 1.807) is 12.3 Å². The number of fused-ring (bicyclic) bond motifs is 7. The Balaban J connectivity index is 1.02. The van der Waals surface area contributed by atoms with Gasteiger partial charge in [-0.2, -0.15) is 0 Å². The first kappa shape index (κ1) is 45.9. The van der Waals surface area contributed by atoms with Gasteiger partial charge in [-0.05, 0) is 121 Å². The van der Waals surface area contributed by atoms with E-state index in [2.05, 4.69) is 63.7 Å². The number of ketones is 2. The molecule has 1 aromatic heterocycles. The Hall–Kier alpha value is -3.60. The Kier molecular flexibility index (Phi) is 11.5. The molecule has 11 heteroatoms. The fourth-order valence-corrected chi connectivity index (χ4v) is 15.4. The fraction of sp³-hybridized carbons (Fsp3) is 0.769. The minimum atomic E-state index is -1.03. The Morgan fingerprint density at radius 1 is 0.921 bits per heavy atom. The Bertz CT molecular complexity index is 2070. The summed E-state index contributed by atoms with van der Waals surface area (Å²) in [5.41, 5.74) is 0.0813. The van der Waals surface area contributed by atoms with Crippen LogP contribution in [-0.2, 0) is 33.4 Å². The number of hydrogen-bond donors (Lipinski definition) is 1. The first-order valence-electron chi connectivity index (χ1n) is 24.2. The van der Waals surface area contributed by atoms with Crippen molar-refractivity contribution in [2.45, 2.75) is 165 Å². The molecule has 2 heterocycles. The van der Waals surface area contributed by atoms with Crippen molar-refractivity contribution < 1.29 is 38.2 Å². The number of rotatable bonds is 11. The van der Waals surface area contributed by atoms with Crippen molar-refractivity contribution in [3.8, 4) is 0 Å². The lowest BCUT2D eigenvalue weighted by Crippen LogP contribution is -2.67. The molecule has 0 radical (unpaired) electrons. The summed E-state index contributed by atoms with van der Waals surface area (Å²) in [5, 5.41) is 3.56. The molecule has 1 amide bonds. The summed E-state index contributed by atoms with van der Waals surface area (Å²) >= 11 is 0. The second-order valence-electron chi connectivity index (χ2n) is 23.8. The molecule has 6 fully saturated rings. The first-order chi connectivity index (χ1) is 29.5. The standard InChI is InChI=1S/C52H75N3O8/c1-31(2)41-36(58)29-52(54-45(60)46(3,4)28-35(57)32-13-12-22-53-43(32)55-23-25-61-26-24-55)21-20-50(10)33(42(41)52)14-15-38-49(9)18-17-39(48(7,8)37(49)16-19-51(38,50)11)63-44(59)34-27-40(62-30-56)47(34,5)6/h12-13,22,30-31,33-34,37-40H,14-21,23-29H2,1-11H3,(H,54,60)/t33-,34-,37+,38-,39+,40-,49+,50-,51-,52-/m1/s1. The molecule has 0 aromatic carbocycles. The van der Waals surface area contributed by atoms with Gasteiger partial charge in [0.15, 0.2) is 11.6 Å². The van der Waals surface area contributed by atoms with Crippen molar-refractivity contribution in [3.63, 3.8) is 0 Å². The quantitative estimate of drug-likeness (QED) is 0.130. The normalized spacial score (nSPS) is 38.0. The molecule has 10 atom stereocenters. The Morgan fingerprint density at radius 2 is 1.63 bits per heavy atom. The van der Waals surface area contributed by atoms with Crippen LogP contribution in [0.15, 0.2) is 29.5 Å². The summed E-state index contributed by atoms with van der Waals surface area (Å²) in [6, 6.07) is 3.59. The number of anilines is 1. The van der Waals surface area contributed by atoms with Crippen LogP contribution >= 0.6 is 0 Å². The number of carbonyl (C=O) groups is 5. The number of allylic oxidation sites excluding steroid dienone is 1. The molecular weight excluding hydrogens is 795 g/mol. The summed E-state index contributed by atoms with van der Waals surface area (Å²) in [7, 11) is 0. The van der Waals surface area contributed by atoms with Crippen molar-refractivity contribution >= 4 is 35.7 Å². The second kappa shape index (κ2) is 15.8. The Labute approximate surface area is 376 Å². The number of aromatic nitrogens is 1. The number of carbonyl (C=O) groups excluding carboxylic acids is 5. The highest BCUT2D eigenvalue weighted by Gasteiger charge is 2.71. The van der Waals surface area contributed by atoms with E-state index in [4.69, 9.17) is 14.2 Å². The summed E-state index contributed by atoms with van der Waals surface area (Å²) in [6.07, 6.45) is 9.57. The minimum Gasteiger partial charge on any atom is -0.464 e. The molecule has 1 saturated heterocycles. The average Bonchev–Trinajstić information content (AvgIpc) is 3.52. The zero-order valence-electron chi connectivity index (χ0n) is 40.1. The van der Waals surface area contributed by atoms with Gasteiger partial charge in [-0.1, -0.05) is 76.2 Å². The van der Waals surface area contributed by atoms with Crippen LogP contribution in [0.3, 0.4) is 0 Å². The van der Waals surface area contributed by atoms with E-state index in [1.165, 1.54) is 5.57 Å². The zero-order chi connectivity index (χ0) is 45.7. The van der Waals surface area contributed by atoms with Gasteiger partial charge in [-0.3, -0.25) is 24.0 Å². The SMILES string of the molecule is CC(C)C1=C2[C@H]3CC[C@@H]4[C@@]5(C)CC[C@H](OC(=O)[C@H]6C[C@@H](OC=O)C6(C)C)C(C)(C)[C@@H]5CC[C@@]4(C)[C@]3(C)CC[C@@]2(NC(=O)C(C)(C)CC(=O)c2cccnc2N2CCOCC2)CC1=O. The number of nitrogens with one attached hydrogen (secondary N) is 1. The van der Waals surface area contributed by atoms with Gasteiger partial charge in [-0.15, -0.1) is 0 Å². The van der Waals surface area contributed by atoms with Crippen LogP contribution in [0.25, 0.3) is 0 Å². The van der Waals surface area contributed by atoms with Crippen molar-refractivity contribution in [3.05, 3.63) is 35.0 Å². The molecule has 63 heavy (non-hydrogen) atoms. The Morgan fingerprint density at radius 3 is 2.30 bits per heavy atom. The summed E-state index contributed by atoms with van der Waals surface area (Å²) in [5.74, 6) is 1.03. The summed E-state index contributed by atoms with van der Waals surface area (Å²) < 4.78 is 17.3. The van der Waals surface area contributed by atoms with Gasteiger partial charge >= 0.3 is 5.97 Å². The van der Waals surface area contributed by atoms with E-state index in [1.807, 2.05) is 33.8 Å². The molecule has 11 nitrogen and oxygen atoms in total. The van der Waals surface area contributed by atoms with Crippen molar-refractivity contribution in [2.75, 3.05) is 31.2 Å². The monoisotopic (exact) mass is 870 g/mol. The van der Waals surface area contributed by atoms with Crippen LogP contribution < -0.4 is 10.2 Å². The van der Waals surface area contributed by atoms with E-state index in [-0.39, 0.29) is 87.9 Å². The lowest BCUT2D eigenvalue weighted by molar-refractivity contribution is -0.236. The van der Waals surface area contributed by atoms with Gasteiger partial charge in [0.1, 0.15) is 18.0 Å². The molecule has 7 aliphatic rings. The third-order valence-electron chi connectivity index (χ3n) is 19.3. The highest BCUT2D eigenvalue weighted by molar-refractivity contribution is 6.04. The summed E-state index contributed by atoms with van der Waals surface area (Å²) in [6.45, 7) is 27.1. The van der Waals surface area contributed by atoms with Crippen LogP contribution in [0, 0.1) is 62.1 Å². The molecule has 0 spiro atoms. The number of hydrogen-bond acceptors (Lipinski definition) is 10. The highest BCUT2D eigenvalue weighted by atomic mass is 16.6. The number of ether oxygens (including phenoxy) is 3. The number of esters is 1. The molecule has 1 N–H and O–H groups in total. The molecule has 5 saturated carbocycles. The van der Waals surface area contributed by atoms with Crippen molar-refractivity contribution in [2.24, 2.45) is 62.1 Å². The first-order valence-corrected chi connectivity index (χ1v) is 24.2. The van der Waals surface area contributed by atoms with Gasteiger partial charge in [0.25, 0.3) is 6.47 Å². The smallest absolute Gasteiger partial charge is 0.310 e. The van der Waals surface area contributed by atoms with Gasteiger partial charge in [0.2, 0.25) is 5.91 Å². The topological polar surface area (TPSA) is 141 Å². The molecule has 346 valence electrons. The van der Waals surface area contributed by atoms with Crippen LogP contribution in [0.4, 0.5) is 5.82 Å². The minimum absolute atomic E-state index is 0.00516. The molecule has 1 aliphatic heterocycles. The molecule has 0 unspecified atom stereocenters. The third-order valence-corrected chi connectivity index (χ3v) is 19.3. The molecule has 0 bridgehead atoms. The van der Waals surface area contributed by atoms with Crippen LogP contribution in [0.2, 0.25) is 0 Å². The lowest BCUT2D eigenvalue weighted by atomic mass is 9.33. The molecule has 6 aliphatic carbocycles. The second-order valence-corrected chi connectivity index (χ2v) is 23.8. The van der Waals surface area contributed by atoms with E-state index in [0.29, 0.717) is 68.8 Å². The maximum atomic E-state index is 14.7. The number of amides is 1. The van der Waals surface area contributed by atoms with E-state index in [9.17, 15) is 24.0 Å². The van der Waals surface area contributed by atoms with Crippen molar-refractivity contribution in [1.29, 1.82) is 0 Å². The number of nitrogens with zero attached hydrogens (tertiary/aromatic N) is 2. The van der Waals surface area contributed by atoms with Gasteiger partial charge in [-0.25, -0.2) is 4.98 Å². The predicted molar refractivity (Wildman–Crippen MR) is 241 cm³/mol. The van der Waals surface area contributed by atoms with Crippen LogP contribution in [0.1, 0.15) is 157 Å². The van der Waals surface area contributed by atoms with Crippen molar-refractivity contribution in [1.82, 2.24) is 10.3 Å². The molecular formula is C52H75N3O8. The average molecular weight is 870 g/mol. The number of pyridine rings is 1. The van der Waals surface area contributed by atoms with Gasteiger partial charge in [0.05, 0.1) is 35.6 Å². The highest BCUT2D eigenvalue weighted by Crippen LogP contribution is 2.76. The van der Waals surface area contributed by atoms with E-state index in [0.717, 1.165) is 50.5 Å². The van der Waals surface area contributed by atoms with Gasteiger partial charge in [0, 0.05) is 43.0 Å². The third kappa shape index (κ3) is 7.04. The largest absolute Gasteiger partial charge is 0.464 e.